The second kappa shape index (κ2) is 7.55. The van der Waals surface area contributed by atoms with Crippen LogP contribution in [0.25, 0.3) is 0 Å². The molecule has 1 aliphatic carbocycles. The van der Waals surface area contributed by atoms with Crippen molar-refractivity contribution < 1.29 is 34.1 Å². The first kappa shape index (κ1) is 19.4. The summed E-state index contributed by atoms with van der Waals surface area (Å²) in [4.78, 5) is 49.5. The van der Waals surface area contributed by atoms with E-state index in [9.17, 15) is 29.4 Å². The van der Waals surface area contributed by atoms with E-state index in [-0.39, 0.29) is 30.6 Å². The summed E-state index contributed by atoms with van der Waals surface area (Å²) < 4.78 is 5.03. The van der Waals surface area contributed by atoms with Crippen molar-refractivity contribution in [3.05, 3.63) is 29.8 Å². The fourth-order valence-corrected chi connectivity index (χ4v) is 3.08. The Morgan fingerprint density at radius 1 is 1.12 bits per heavy atom. The number of nitrogens with zero attached hydrogens (tertiary/aromatic N) is 1. The van der Waals surface area contributed by atoms with Crippen molar-refractivity contribution in [2.75, 3.05) is 19.0 Å². The molecule has 140 valence electrons. The van der Waals surface area contributed by atoms with E-state index in [1.807, 2.05) is 19.0 Å². The molecule has 0 bridgehead atoms. The minimum Gasteiger partial charge on any atom is -0.478 e. The van der Waals surface area contributed by atoms with Crippen molar-refractivity contribution in [1.29, 1.82) is 0 Å². The number of ether oxygens (including phenoxy) is 1. The zero-order valence-electron chi connectivity index (χ0n) is 14.6. The summed E-state index contributed by atoms with van der Waals surface area (Å²) in [6, 6.07) is 6.12. The molecule has 1 saturated carbocycles. The largest absolute Gasteiger partial charge is 0.478 e. The van der Waals surface area contributed by atoms with E-state index >= 15 is 0 Å². The second-order valence-electron chi connectivity index (χ2n) is 6.51. The molecule has 0 radical (unpaired) electrons. The molecule has 0 aromatic heterocycles. The van der Waals surface area contributed by atoms with Gasteiger partial charge in [0.25, 0.3) is 0 Å². The molecule has 0 heterocycles. The highest BCUT2D eigenvalue weighted by atomic mass is 16.6. The minimum atomic E-state index is -2.78. The number of carboxylic acid groups (broad SMARTS) is 2. The molecule has 0 amide bonds. The number of Topliss-reactive ketones (excluding diaryl/α,β-unsaturated/α-hetero) is 1. The van der Waals surface area contributed by atoms with Gasteiger partial charge in [-0.1, -0.05) is 0 Å². The van der Waals surface area contributed by atoms with Crippen molar-refractivity contribution in [2.45, 2.75) is 31.3 Å². The van der Waals surface area contributed by atoms with Gasteiger partial charge in [0.15, 0.2) is 0 Å². The number of esters is 1. The summed E-state index contributed by atoms with van der Waals surface area (Å²) in [5.74, 6) is -5.98. The molecule has 1 unspecified atom stereocenters. The molecule has 0 aliphatic heterocycles. The summed E-state index contributed by atoms with van der Waals surface area (Å²) in [6.45, 7) is 0. The summed E-state index contributed by atoms with van der Waals surface area (Å²) >= 11 is 0. The molecule has 2 rings (SSSR count). The monoisotopic (exact) mass is 363 g/mol. The molecule has 0 saturated heterocycles. The topological polar surface area (TPSA) is 121 Å². The van der Waals surface area contributed by atoms with Crippen LogP contribution in [0.1, 0.15) is 36.0 Å². The predicted octanol–water partition coefficient (Wildman–Crippen LogP) is 1.58. The fraction of sp³-hybridized carbons (Fsp3) is 0.444. The Balaban J connectivity index is 2.34. The van der Waals surface area contributed by atoms with Gasteiger partial charge in [0.05, 0.1) is 5.56 Å². The van der Waals surface area contributed by atoms with Crippen LogP contribution in [0.2, 0.25) is 0 Å². The average Bonchev–Trinajstić information content (AvgIpc) is 2.58. The van der Waals surface area contributed by atoms with E-state index in [0.29, 0.717) is 6.42 Å². The van der Waals surface area contributed by atoms with Crippen LogP contribution in [0.4, 0.5) is 5.69 Å². The molecule has 1 aromatic rings. The molecule has 0 spiro atoms. The number of rotatable bonds is 6. The third-order valence-corrected chi connectivity index (χ3v) is 4.57. The molecular weight excluding hydrogens is 342 g/mol. The number of carbonyl (C=O) groups excluding carboxylic acids is 2. The van der Waals surface area contributed by atoms with Gasteiger partial charge in [-0.2, -0.15) is 0 Å². The van der Waals surface area contributed by atoms with Gasteiger partial charge in [-0.3, -0.25) is 4.79 Å². The van der Waals surface area contributed by atoms with Crippen molar-refractivity contribution in [1.82, 2.24) is 0 Å². The van der Waals surface area contributed by atoms with Crippen LogP contribution in [0.5, 0.6) is 0 Å². The first-order valence-electron chi connectivity index (χ1n) is 8.17. The van der Waals surface area contributed by atoms with E-state index in [0.717, 1.165) is 5.69 Å². The number of hydrogen-bond acceptors (Lipinski definition) is 6. The van der Waals surface area contributed by atoms with Gasteiger partial charge in [0, 0.05) is 38.5 Å². The SMILES string of the molecule is CN(C)c1ccc(C(=O)OC(C(=O)O)(C(=O)O)C2CCCC(=O)C2)cc1. The molecule has 8 nitrogen and oxygen atoms in total. The summed E-state index contributed by atoms with van der Waals surface area (Å²) in [6.07, 6.45) is 0.565. The number of carboxylic acids is 2. The molecule has 8 heteroatoms. The Labute approximate surface area is 150 Å². The lowest BCUT2D eigenvalue weighted by Gasteiger charge is -2.34. The number of carbonyl (C=O) groups is 4. The van der Waals surface area contributed by atoms with Gasteiger partial charge < -0.3 is 19.8 Å². The first-order valence-corrected chi connectivity index (χ1v) is 8.17. The minimum absolute atomic E-state index is 0.0320. The highest BCUT2D eigenvalue weighted by Crippen LogP contribution is 2.35. The van der Waals surface area contributed by atoms with Crippen LogP contribution in [0.15, 0.2) is 24.3 Å². The molecule has 1 aromatic carbocycles. The van der Waals surface area contributed by atoms with Crippen LogP contribution in [0, 0.1) is 5.92 Å². The Morgan fingerprint density at radius 2 is 1.69 bits per heavy atom. The molecule has 2 N–H and O–H groups in total. The van der Waals surface area contributed by atoms with Crippen LogP contribution in [0.3, 0.4) is 0 Å². The van der Waals surface area contributed by atoms with E-state index in [1.165, 1.54) is 12.1 Å². The summed E-state index contributed by atoms with van der Waals surface area (Å²) in [5.41, 5.74) is -1.94. The maximum Gasteiger partial charge on any atom is 0.360 e. The molecule has 1 atom stereocenters. The zero-order chi connectivity index (χ0) is 19.5. The van der Waals surface area contributed by atoms with Gasteiger partial charge in [-0.25, -0.2) is 14.4 Å². The van der Waals surface area contributed by atoms with Crippen molar-refractivity contribution in [3.8, 4) is 0 Å². The van der Waals surface area contributed by atoms with Crippen LogP contribution in [-0.2, 0) is 19.1 Å². The quantitative estimate of drug-likeness (QED) is 0.577. The maximum atomic E-state index is 12.4. The lowest BCUT2D eigenvalue weighted by molar-refractivity contribution is -0.185. The van der Waals surface area contributed by atoms with E-state index in [2.05, 4.69) is 0 Å². The molecular formula is C18H21NO7. The number of benzene rings is 1. The summed E-state index contributed by atoms with van der Waals surface area (Å²) in [5, 5.41) is 19.1. The van der Waals surface area contributed by atoms with Gasteiger partial charge in [0.1, 0.15) is 5.78 Å². The van der Waals surface area contributed by atoms with Gasteiger partial charge >= 0.3 is 23.5 Å². The van der Waals surface area contributed by atoms with Crippen molar-refractivity contribution >= 4 is 29.4 Å². The normalized spacial score (nSPS) is 17.5. The van der Waals surface area contributed by atoms with Gasteiger partial charge in [-0.15, -0.1) is 0 Å². The Hall–Kier alpha value is -2.90. The fourth-order valence-electron chi connectivity index (χ4n) is 3.08. The lowest BCUT2D eigenvalue weighted by Crippen LogP contribution is -2.57. The number of anilines is 1. The number of ketones is 1. The first-order chi connectivity index (χ1) is 12.2. The van der Waals surface area contributed by atoms with Crippen LogP contribution in [-0.4, -0.2) is 53.6 Å². The van der Waals surface area contributed by atoms with E-state index < -0.39 is 29.4 Å². The molecule has 1 aliphatic rings. The summed E-state index contributed by atoms with van der Waals surface area (Å²) in [7, 11) is 3.63. The second-order valence-corrected chi connectivity index (χ2v) is 6.51. The van der Waals surface area contributed by atoms with Crippen LogP contribution < -0.4 is 4.90 Å². The smallest absolute Gasteiger partial charge is 0.360 e. The number of aliphatic carboxylic acids is 2. The Morgan fingerprint density at radius 3 is 2.15 bits per heavy atom. The van der Waals surface area contributed by atoms with E-state index in [4.69, 9.17) is 4.74 Å². The highest BCUT2D eigenvalue weighted by Gasteiger charge is 2.58. The Kier molecular flexibility index (Phi) is 5.64. The maximum absolute atomic E-state index is 12.4. The highest BCUT2D eigenvalue weighted by molar-refractivity contribution is 6.06. The third kappa shape index (κ3) is 3.68. The van der Waals surface area contributed by atoms with Gasteiger partial charge in [-0.05, 0) is 37.1 Å². The number of hydrogen-bond donors (Lipinski definition) is 2. The third-order valence-electron chi connectivity index (χ3n) is 4.57. The molecule has 1 fully saturated rings. The zero-order valence-corrected chi connectivity index (χ0v) is 14.6. The van der Waals surface area contributed by atoms with Crippen LogP contribution >= 0.6 is 0 Å². The average molecular weight is 363 g/mol. The van der Waals surface area contributed by atoms with Crippen molar-refractivity contribution in [3.63, 3.8) is 0 Å². The Bertz CT molecular complexity index is 710. The predicted molar refractivity (Wildman–Crippen MR) is 91.2 cm³/mol. The molecule has 26 heavy (non-hydrogen) atoms. The lowest BCUT2D eigenvalue weighted by atomic mass is 9.76. The van der Waals surface area contributed by atoms with Crippen molar-refractivity contribution in [2.24, 2.45) is 5.92 Å². The van der Waals surface area contributed by atoms with E-state index in [1.54, 1.807) is 12.1 Å². The van der Waals surface area contributed by atoms with Gasteiger partial charge in [0.2, 0.25) is 0 Å². The standard InChI is InChI=1S/C18H21NO7/c1-19(2)13-8-6-11(7-9-13)15(21)26-18(16(22)23,17(24)25)12-4-3-5-14(20)10-12/h6-9,12H,3-5,10H2,1-2H3,(H,22,23)(H,24,25).